The molecule has 1 aromatic rings. The number of thioether (sulfide) groups is 1. The van der Waals surface area contributed by atoms with Crippen LogP contribution in [0.3, 0.4) is 0 Å². The van der Waals surface area contributed by atoms with E-state index in [1.807, 2.05) is 30.3 Å². The molecule has 0 aliphatic carbocycles. The maximum absolute atomic E-state index is 11.9. The van der Waals surface area contributed by atoms with Crippen LogP contribution >= 0.6 is 11.8 Å². The van der Waals surface area contributed by atoms with E-state index in [9.17, 15) is 18.0 Å². The normalized spacial score (nSPS) is 11.5. The highest BCUT2D eigenvalue weighted by Crippen LogP contribution is 2.21. The van der Waals surface area contributed by atoms with E-state index in [0.717, 1.165) is 10.6 Å². The molecule has 0 aliphatic rings. The van der Waals surface area contributed by atoms with E-state index < -0.39 is 18.4 Å². The molecule has 0 heterocycles. The van der Waals surface area contributed by atoms with Gasteiger partial charge in [0.2, 0.25) is 5.78 Å². The van der Waals surface area contributed by atoms with Crippen molar-refractivity contribution in [2.75, 3.05) is 5.75 Å². The number of unbranched alkanes of at least 4 members (excludes halogenated alkanes) is 1. The molecule has 0 aliphatic heterocycles. The van der Waals surface area contributed by atoms with Crippen molar-refractivity contribution in [1.29, 1.82) is 0 Å². The highest BCUT2D eigenvalue weighted by molar-refractivity contribution is 7.99. The van der Waals surface area contributed by atoms with Crippen LogP contribution in [0.2, 0.25) is 0 Å². The first-order chi connectivity index (χ1) is 8.00. The molecule has 0 spiro atoms. The first-order valence-electron chi connectivity index (χ1n) is 5.28. The van der Waals surface area contributed by atoms with Gasteiger partial charge in [0.05, 0.1) is 0 Å². The Morgan fingerprint density at radius 2 is 1.76 bits per heavy atom. The summed E-state index contributed by atoms with van der Waals surface area (Å²) in [6.07, 6.45) is -4.18. The monoisotopic (exact) mass is 262 g/mol. The van der Waals surface area contributed by atoms with Gasteiger partial charge in [0.1, 0.15) is 0 Å². The average Bonchev–Trinajstić information content (AvgIpc) is 2.28. The van der Waals surface area contributed by atoms with Gasteiger partial charge in [0.25, 0.3) is 0 Å². The van der Waals surface area contributed by atoms with Crippen molar-refractivity contribution in [3.63, 3.8) is 0 Å². The third kappa shape index (κ3) is 5.77. The molecule has 1 nitrogen and oxygen atoms in total. The second-order valence-corrected chi connectivity index (χ2v) is 4.71. The summed E-state index contributed by atoms with van der Waals surface area (Å²) in [6, 6.07) is 9.63. The van der Waals surface area contributed by atoms with E-state index in [0.29, 0.717) is 6.42 Å². The van der Waals surface area contributed by atoms with Gasteiger partial charge in [-0.05, 0) is 30.7 Å². The number of carbonyl (C=O) groups excluding carboxylic acids is 1. The molecule has 17 heavy (non-hydrogen) atoms. The average molecular weight is 262 g/mol. The maximum atomic E-state index is 11.9. The van der Waals surface area contributed by atoms with Crippen LogP contribution in [0.1, 0.15) is 19.3 Å². The minimum atomic E-state index is -4.67. The lowest BCUT2D eigenvalue weighted by Gasteiger charge is -2.04. The Balaban J connectivity index is 2.12. The molecule has 94 valence electrons. The van der Waals surface area contributed by atoms with Crippen LogP contribution in [0.4, 0.5) is 13.2 Å². The van der Waals surface area contributed by atoms with Crippen LogP contribution in [0.5, 0.6) is 0 Å². The summed E-state index contributed by atoms with van der Waals surface area (Å²) in [7, 11) is 0. The first kappa shape index (κ1) is 14.1. The fourth-order valence-corrected chi connectivity index (χ4v) is 2.17. The second-order valence-electron chi connectivity index (χ2n) is 3.54. The van der Waals surface area contributed by atoms with Gasteiger partial charge in [-0.15, -0.1) is 11.8 Å². The Morgan fingerprint density at radius 1 is 1.12 bits per heavy atom. The second kappa shape index (κ2) is 6.69. The Kier molecular flexibility index (Phi) is 5.55. The Bertz CT molecular complexity index is 349. The van der Waals surface area contributed by atoms with Gasteiger partial charge >= 0.3 is 6.18 Å². The molecular weight excluding hydrogens is 249 g/mol. The highest BCUT2D eigenvalue weighted by atomic mass is 32.2. The lowest BCUT2D eigenvalue weighted by Crippen LogP contribution is -2.22. The van der Waals surface area contributed by atoms with E-state index in [2.05, 4.69) is 0 Å². The summed E-state index contributed by atoms with van der Waals surface area (Å²) >= 11 is 1.59. The number of rotatable bonds is 6. The smallest absolute Gasteiger partial charge is 0.290 e. The molecule has 0 atom stereocenters. The predicted molar refractivity (Wildman–Crippen MR) is 62.1 cm³/mol. The van der Waals surface area contributed by atoms with Crippen LogP contribution in [-0.4, -0.2) is 17.7 Å². The van der Waals surface area contributed by atoms with E-state index in [4.69, 9.17) is 0 Å². The quantitative estimate of drug-likeness (QED) is 0.567. The van der Waals surface area contributed by atoms with Gasteiger partial charge in [-0.3, -0.25) is 4.79 Å². The van der Waals surface area contributed by atoms with Crippen molar-refractivity contribution in [2.45, 2.75) is 30.3 Å². The fraction of sp³-hybridized carbons (Fsp3) is 0.417. The topological polar surface area (TPSA) is 17.1 Å². The van der Waals surface area contributed by atoms with Crippen LogP contribution < -0.4 is 0 Å². The summed E-state index contributed by atoms with van der Waals surface area (Å²) in [5.74, 6) is -0.892. The molecule has 0 unspecified atom stereocenters. The Hall–Kier alpha value is -0.970. The van der Waals surface area contributed by atoms with Crippen molar-refractivity contribution in [2.24, 2.45) is 0 Å². The zero-order valence-electron chi connectivity index (χ0n) is 9.17. The Morgan fingerprint density at radius 3 is 2.35 bits per heavy atom. The summed E-state index contributed by atoms with van der Waals surface area (Å²) in [5.41, 5.74) is 0. The standard InChI is InChI=1S/C12H13F3OS/c13-12(14,15)11(16)8-4-5-9-17-10-6-2-1-3-7-10/h1-3,6-7H,4-5,8-9H2. The number of ketones is 1. The van der Waals surface area contributed by atoms with Gasteiger partial charge in [0.15, 0.2) is 0 Å². The molecule has 0 N–H and O–H groups in total. The summed E-state index contributed by atoms with van der Waals surface area (Å²) in [4.78, 5) is 11.7. The lowest BCUT2D eigenvalue weighted by molar-refractivity contribution is -0.171. The SMILES string of the molecule is O=C(CCCCSc1ccccc1)C(F)(F)F. The zero-order chi connectivity index (χ0) is 12.7. The highest BCUT2D eigenvalue weighted by Gasteiger charge is 2.36. The van der Waals surface area contributed by atoms with Gasteiger partial charge in [-0.1, -0.05) is 18.2 Å². The number of hydrogen-bond acceptors (Lipinski definition) is 2. The third-order valence-electron chi connectivity index (χ3n) is 2.13. The van der Waals surface area contributed by atoms with Crippen molar-refractivity contribution in [3.8, 4) is 0 Å². The zero-order valence-corrected chi connectivity index (χ0v) is 9.98. The van der Waals surface area contributed by atoms with Crippen LogP contribution in [0.15, 0.2) is 35.2 Å². The van der Waals surface area contributed by atoms with Gasteiger partial charge in [-0.2, -0.15) is 13.2 Å². The van der Waals surface area contributed by atoms with Gasteiger partial charge in [0, 0.05) is 11.3 Å². The Labute approximate surface area is 102 Å². The lowest BCUT2D eigenvalue weighted by atomic mass is 10.2. The van der Waals surface area contributed by atoms with Gasteiger partial charge in [-0.25, -0.2) is 0 Å². The minimum Gasteiger partial charge on any atom is -0.290 e. The number of halogens is 3. The molecular formula is C12H13F3OS. The third-order valence-corrected chi connectivity index (χ3v) is 3.22. The first-order valence-corrected chi connectivity index (χ1v) is 6.26. The van der Waals surface area contributed by atoms with Crippen LogP contribution in [0, 0.1) is 0 Å². The number of Topliss-reactive ketones (excluding diaryl/α,β-unsaturated/α-hetero) is 1. The summed E-state index contributed by atoms with van der Waals surface area (Å²) in [5, 5.41) is 0. The molecule has 0 saturated heterocycles. The van der Waals surface area contributed by atoms with Crippen molar-refractivity contribution < 1.29 is 18.0 Å². The summed E-state index contributed by atoms with van der Waals surface area (Å²) < 4.78 is 35.6. The molecule has 0 amide bonds. The van der Waals surface area contributed by atoms with E-state index in [1.165, 1.54) is 0 Å². The molecule has 0 fully saturated rings. The predicted octanol–water partition coefficient (Wildman–Crippen LogP) is 4.08. The molecule has 0 aromatic heterocycles. The van der Waals surface area contributed by atoms with Crippen LogP contribution in [0.25, 0.3) is 0 Å². The number of alkyl halides is 3. The molecule has 0 bridgehead atoms. The van der Waals surface area contributed by atoms with E-state index >= 15 is 0 Å². The molecule has 1 aromatic carbocycles. The largest absolute Gasteiger partial charge is 0.449 e. The van der Waals surface area contributed by atoms with Crippen molar-refractivity contribution in [1.82, 2.24) is 0 Å². The van der Waals surface area contributed by atoms with Gasteiger partial charge < -0.3 is 0 Å². The number of benzene rings is 1. The van der Waals surface area contributed by atoms with E-state index in [1.54, 1.807) is 11.8 Å². The minimum absolute atomic E-state index is 0.290. The van der Waals surface area contributed by atoms with Crippen molar-refractivity contribution >= 4 is 17.5 Å². The summed E-state index contributed by atoms with van der Waals surface area (Å²) in [6.45, 7) is 0. The molecule has 0 saturated carbocycles. The maximum Gasteiger partial charge on any atom is 0.449 e. The van der Waals surface area contributed by atoms with E-state index in [-0.39, 0.29) is 6.42 Å². The molecule has 1 rings (SSSR count). The van der Waals surface area contributed by atoms with Crippen LogP contribution in [-0.2, 0) is 4.79 Å². The fourth-order valence-electron chi connectivity index (χ4n) is 1.24. The number of hydrogen-bond donors (Lipinski definition) is 0. The number of carbonyl (C=O) groups is 1. The molecule has 0 radical (unpaired) electrons. The molecule has 5 heteroatoms. The van der Waals surface area contributed by atoms with Crippen molar-refractivity contribution in [3.05, 3.63) is 30.3 Å².